The van der Waals surface area contributed by atoms with Crippen LogP contribution in [0.4, 0.5) is 4.39 Å². The van der Waals surface area contributed by atoms with Gasteiger partial charge in [-0.25, -0.2) is 4.39 Å². The SMILES string of the molecule is O=C(Cc1ccccc1F)NCCN1C(=O)c2cc3ccccc3cc2C1=O. The van der Waals surface area contributed by atoms with Gasteiger partial charge >= 0.3 is 0 Å². The molecule has 1 heterocycles. The molecule has 0 radical (unpaired) electrons. The van der Waals surface area contributed by atoms with Crippen LogP contribution in [0.3, 0.4) is 0 Å². The second-order valence-corrected chi connectivity index (χ2v) is 6.63. The lowest BCUT2D eigenvalue weighted by atomic mass is 10.0. The van der Waals surface area contributed by atoms with E-state index in [1.165, 1.54) is 6.07 Å². The number of carbonyl (C=O) groups is 3. The maximum Gasteiger partial charge on any atom is 0.261 e. The van der Waals surface area contributed by atoms with E-state index in [-0.39, 0.29) is 37.2 Å². The average molecular weight is 376 g/mol. The molecular formula is C22H17FN2O3. The van der Waals surface area contributed by atoms with Crippen LogP contribution in [0.2, 0.25) is 0 Å². The molecule has 6 heteroatoms. The maximum absolute atomic E-state index is 13.6. The summed E-state index contributed by atoms with van der Waals surface area (Å²) in [5.41, 5.74) is 1.05. The van der Waals surface area contributed by atoms with Gasteiger partial charge in [0.2, 0.25) is 5.91 Å². The Hall–Kier alpha value is -3.54. The number of imide groups is 1. The van der Waals surface area contributed by atoms with Crippen LogP contribution < -0.4 is 5.32 Å². The Labute approximate surface area is 160 Å². The van der Waals surface area contributed by atoms with E-state index < -0.39 is 5.82 Å². The molecule has 0 spiro atoms. The monoisotopic (exact) mass is 376 g/mol. The van der Waals surface area contributed by atoms with Crippen molar-refractivity contribution in [3.05, 3.63) is 83.2 Å². The van der Waals surface area contributed by atoms with Crippen LogP contribution in [0.15, 0.2) is 60.7 Å². The molecule has 1 N–H and O–H groups in total. The zero-order chi connectivity index (χ0) is 19.7. The molecule has 5 nitrogen and oxygen atoms in total. The van der Waals surface area contributed by atoms with E-state index in [1.807, 2.05) is 24.3 Å². The van der Waals surface area contributed by atoms with Gasteiger partial charge in [0.25, 0.3) is 11.8 Å². The Bertz CT molecular complexity index is 1060. The molecule has 0 aliphatic carbocycles. The second kappa shape index (κ2) is 7.23. The van der Waals surface area contributed by atoms with Gasteiger partial charge in [-0.2, -0.15) is 0 Å². The van der Waals surface area contributed by atoms with Crippen LogP contribution in [0.5, 0.6) is 0 Å². The highest BCUT2D eigenvalue weighted by Crippen LogP contribution is 2.27. The molecule has 0 unspecified atom stereocenters. The first-order chi connectivity index (χ1) is 13.5. The third-order valence-corrected chi connectivity index (χ3v) is 4.80. The number of amides is 3. The minimum Gasteiger partial charge on any atom is -0.354 e. The lowest BCUT2D eigenvalue weighted by Crippen LogP contribution is -2.38. The fraction of sp³-hybridized carbons (Fsp3) is 0.136. The first kappa shape index (κ1) is 17.9. The van der Waals surface area contributed by atoms with Gasteiger partial charge in [0.1, 0.15) is 5.82 Å². The quantitative estimate of drug-likeness (QED) is 0.697. The number of nitrogens with one attached hydrogen (secondary N) is 1. The summed E-state index contributed by atoms with van der Waals surface area (Å²) in [7, 11) is 0. The predicted octanol–water partition coefficient (Wildman–Crippen LogP) is 2.93. The van der Waals surface area contributed by atoms with Crippen molar-refractivity contribution in [2.75, 3.05) is 13.1 Å². The van der Waals surface area contributed by atoms with E-state index in [1.54, 1.807) is 30.3 Å². The van der Waals surface area contributed by atoms with Crippen LogP contribution in [0.1, 0.15) is 26.3 Å². The number of hydrogen-bond donors (Lipinski definition) is 1. The number of nitrogens with zero attached hydrogens (tertiary/aromatic N) is 1. The van der Waals surface area contributed by atoms with Gasteiger partial charge in [0, 0.05) is 13.1 Å². The fourth-order valence-corrected chi connectivity index (χ4v) is 3.36. The normalized spacial score (nSPS) is 13.1. The molecular weight excluding hydrogens is 359 g/mol. The molecule has 0 bridgehead atoms. The summed E-state index contributed by atoms with van der Waals surface area (Å²) in [4.78, 5) is 38.4. The number of rotatable bonds is 5. The largest absolute Gasteiger partial charge is 0.354 e. The van der Waals surface area contributed by atoms with Crippen molar-refractivity contribution in [3.8, 4) is 0 Å². The molecule has 1 aliphatic rings. The molecule has 0 fully saturated rings. The van der Waals surface area contributed by atoms with Crippen LogP contribution in [0, 0.1) is 5.82 Å². The summed E-state index contributed by atoms with van der Waals surface area (Å²) >= 11 is 0. The van der Waals surface area contributed by atoms with E-state index in [2.05, 4.69) is 5.32 Å². The number of hydrogen-bond acceptors (Lipinski definition) is 3. The molecule has 0 saturated heterocycles. The summed E-state index contributed by atoms with van der Waals surface area (Å²) in [6, 6.07) is 17.0. The van der Waals surface area contributed by atoms with Gasteiger partial charge < -0.3 is 5.32 Å². The molecule has 1 aliphatic heterocycles. The third-order valence-electron chi connectivity index (χ3n) is 4.80. The van der Waals surface area contributed by atoms with Gasteiger partial charge in [0.15, 0.2) is 0 Å². The summed E-state index contributed by atoms with van der Waals surface area (Å²) in [5, 5.41) is 4.42. The molecule has 28 heavy (non-hydrogen) atoms. The Kier molecular flexibility index (Phi) is 4.61. The minimum absolute atomic E-state index is 0.0612. The van der Waals surface area contributed by atoms with Gasteiger partial charge in [-0.15, -0.1) is 0 Å². The number of halogens is 1. The second-order valence-electron chi connectivity index (χ2n) is 6.63. The molecule has 140 valence electrons. The van der Waals surface area contributed by atoms with E-state index in [0.29, 0.717) is 16.7 Å². The highest BCUT2D eigenvalue weighted by molar-refractivity contribution is 6.23. The minimum atomic E-state index is -0.440. The Morgan fingerprint density at radius 1 is 0.893 bits per heavy atom. The molecule has 0 aromatic heterocycles. The van der Waals surface area contributed by atoms with E-state index >= 15 is 0 Å². The van der Waals surface area contributed by atoms with Gasteiger partial charge in [-0.05, 0) is 34.5 Å². The summed E-state index contributed by atoms with van der Waals surface area (Å²) in [5.74, 6) is -1.54. The van der Waals surface area contributed by atoms with Crippen molar-refractivity contribution in [2.24, 2.45) is 0 Å². The fourth-order valence-electron chi connectivity index (χ4n) is 3.36. The Balaban J connectivity index is 1.41. The number of fused-ring (bicyclic) bond motifs is 2. The van der Waals surface area contributed by atoms with Crippen molar-refractivity contribution < 1.29 is 18.8 Å². The van der Waals surface area contributed by atoms with Crippen molar-refractivity contribution in [2.45, 2.75) is 6.42 Å². The van der Waals surface area contributed by atoms with Crippen molar-refractivity contribution in [1.29, 1.82) is 0 Å². The van der Waals surface area contributed by atoms with E-state index in [4.69, 9.17) is 0 Å². The number of carbonyl (C=O) groups excluding carboxylic acids is 3. The van der Waals surface area contributed by atoms with Crippen molar-refractivity contribution in [1.82, 2.24) is 10.2 Å². The molecule has 4 rings (SSSR count). The number of benzene rings is 3. The standard InChI is InChI=1S/C22H17FN2O3/c23-19-8-4-3-7-16(19)13-20(26)24-9-10-25-21(27)17-11-14-5-1-2-6-15(14)12-18(17)22(25)28/h1-8,11-12H,9-10,13H2,(H,24,26). The summed E-state index contributed by atoms with van der Waals surface area (Å²) in [6.07, 6.45) is -0.0970. The van der Waals surface area contributed by atoms with Crippen LogP contribution in [-0.4, -0.2) is 35.7 Å². The highest BCUT2D eigenvalue weighted by atomic mass is 19.1. The average Bonchev–Trinajstić information content (AvgIpc) is 2.92. The zero-order valence-electron chi connectivity index (χ0n) is 14.9. The Morgan fingerprint density at radius 2 is 1.46 bits per heavy atom. The van der Waals surface area contributed by atoms with Gasteiger partial charge in [-0.1, -0.05) is 42.5 Å². The summed E-state index contributed by atoms with van der Waals surface area (Å²) in [6.45, 7) is 0.171. The van der Waals surface area contributed by atoms with Crippen molar-refractivity contribution >= 4 is 28.5 Å². The topological polar surface area (TPSA) is 66.5 Å². The highest BCUT2D eigenvalue weighted by Gasteiger charge is 2.35. The third kappa shape index (κ3) is 3.24. The molecule has 0 saturated carbocycles. The first-order valence-electron chi connectivity index (χ1n) is 8.93. The Morgan fingerprint density at radius 3 is 2.07 bits per heavy atom. The van der Waals surface area contributed by atoms with Crippen LogP contribution >= 0.6 is 0 Å². The van der Waals surface area contributed by atoms with Crippen LogP contribution in [0.25, 0.3) is 10.8 Å². The molecule has 3 amide bonds. The molecule has 0 atom stereocenters. The van der Waals surface area contributed by atoms with Crippen LogP contribution in [-0.2, 0) is 11.2 Å². The summed E-state index contributed by atoms with van der Waals surface area (Å²) < 4.78 is 13.6. The van der Waals surface area contributed by atoms with E-state index in [0.717, 1.165) is 15.7 Å². The molecule has 3 aromatic rings. The lowest BCUT2D eigenvalue weighted by molar-refractivity contribution is -0.120. The zero-order valence-corrected chi connectivity index (χ0v) is 14.9. The van der Waals surface area contributed by atoms with Crippen molar-refractivity contribution in [3.63, 3.8) is 0 Å². The van der Waals surface area contributed by atoms with E-state index in [9.17, 15) is 18.8 Å². The lowest BCUT2D eigenvalue weighted by Gasteiger charge is -2.14. The van der Waals surface area contributed by atoms with Gasteiger partial charge in [0.05, 0.1) is 17.5 Å². The predicted molar refractivity (Wildman–Crippen MR) is 102 cm³/mol. The smallest absolute Gasteiger partial charge is 0.261 e. The molecule has 3 aromatic carbocycles. The maximum atomic E-state index is 13.6. The first-order valence-corrected chi connectivity index (χ1v) is 8.93. The van der Waals surface area contributed by atoms with Gasteiger partial charge in [-0.3, -0.25) is 19.3 Å².